The molecule has 19 heavy (non-hydrogen) atoms. The van der Waals surface area contributed by atoms with Crippen LogP contribution in [0.15, 0.2) is 28.8 Å². The fourth-order valence-corrected chi connectivity index (χ4v) is 1.53. The summed E-state index contributed by atoms with van der Waals surface area (Å²) in [7, 11) is 1.61. The van der Waals surface area contributed by atoms with Gasteiger partial charge in [0.05, 0.1) is 7.11 Å². The SMILES string of the molecule is COc1ccc(C=Cc2noc(C(Cl)(Cl)Cl)n2)cc1. The smallest absolute Gasteiger partial charge is 0.279 e. The number of methoxy groups -OCH3 is 1. The largest absolute Gasteiger partial charge is 0.497 e. The Morgan fingerprint density at radius 2 is 1.84 bits per heavy atom. The number of benzene rings is 1. The number of hydrogen-bond acceptors (Lipinski definition) is 4. The number of ether oxygens (including phenoxy) is 1. The molecular weight excluding hydrogens is 311 g/mol. The maximum absolute atomic E-state index is 5.62. The molecule has 1 aromatic heterocycles. The maximum atomic E-state index is 5.62. The molecule has 0 aliphatic carbocycles. The normalized spacial score (nSPS) is 12.0. The highest BCUT2D eigenvalue weighted by Crippen LogP contribution is 2.36. The van der Waals surface area contributed by atoms with Crippen LogP contribution in [-0.2, 0) is 3.79 Å². The Hall–Kier alpha value is -1.23. The molecular formula is C12H9Cl3N2O2. The quantitative estimate of drug-likeness (QED) is 0.800. The van der Waals surface area contributed by atoms with Gasteiger partial charge in [-0.1, -0.05) is 58.2 Å². The summed E-state index contributed by atoms with van der Waals surface area (Å²) >= 11 is 16.9. The first-order chi connectivity index (χ1) is 8.99. The predicted octanol–water partition coefficient (Wildman–Crippen LogP) is 4.08. The van der Waals surface area contributed by atoms with E-state index in [1.807, 2.05) is 30.3 Å². The lowest BCUT2D eigenvalue weighted by molar-refractivity contribution is 0.381. The number of halogens is 3. The molecule has 1 heterocycles. The highest BCUT2D eigenvalue weighted by molar-refractivity contribution is 6.66. The molecule has 0 bridgehead atoms. The Bertz CT molecular complexity index is 573. The van der Waals surface area contributed by atoms with Gasteiger partial charge in [0, 0.05) is 0 Å². The molecule has 0 radical (unpaired) electrons. The van der Waals surface area contributed by atoms with Gasteiger partial charge in [-0.05, 0) is 23.8 Å². The van der Waals surface area contributed by atoms with Gasteiger partial charge in [-0.2, -0.15) is 4.98 Å². The minimum absolute atomic E-state index is 0.0631. The highest BCUT2D eigenvalue weighted by atomic mass is 35.6. The average Bonchev–Trinajstić information content (AvgIpc) is 2.86. The van der Waals surface area contributed by atoms with Gasteiger partial charge in [0.15, 0.2) is 5.82 Å². The Balaban J connectivity index is 2.11. The van der Waals surface area contributed by atoms with E-state index in [-0.39, 0.29) is 5.89 Å². The number of alkyl halides is 3. The van der Waals surface area contributed by atoms with Gasteiger partial charge < -0.3 is 9.26 Å². The van der Waals surface area contributed by atoms with Crippen molar-refractivity contribution in [1.29, 1.82) is 0 Å². The van der Waals surface area contributed by atoms with Gasteiger partial charge >= 0.3 is 0 Å². The number of aromatic nitrogens is 2. The molecule has 0 fully saturated rings. The van der Waals surface area contributed by atoms with Gasteiger partial charge in [-0.15, -0.1) is 0 Å². The minimum Gasteiger partial charge on any atom is -0.497 e. The van der Waals surface area contributed by atoms with Crippen LogP contribution < -0.4 is 4.74 Å². The number of rotatable bonds is 3. The molecule has 100 valence electrons. The standard InChI is InChI=1S/C12H9Cl3N2O2/c1-18-9-5-2-8(3-6-9)4-7-10-16-11(19-17-10)12(13,14)15/h2-7H,1H3. The summed E-state index contributed by atoms with van der Waals surface area (Å²) in [6.07, 6.45) is 3.47. The van der Waals surface area contributed by atoms with Crippen molar-refractivity contribution < 1.29 is 9.26 Å². The van der Waals surface area contributed by atoms with Gasteiger partial charge in [-0.25, -0.2) is 0 Å². The molecule has 0 atom stereocenters. The van der Waals surface area contributed by atoms with Crippen LogP contribution in [0, 0.1) is 0 Å². The van der Waals surface area contributed by atoms with Crippen molar-refractivity contribution in [2.45, 2.75) is 3.79 Å². The van der Waals surface area contributed by atoms with E-state index in [0.717, 1.165) is 11.3 Å². The van der Waals surface area contributed by atoms with E-state index in [1.165, 1.54) is 0 Å². The highest BCUT2D eigenvalue weighted by Gasteiger charge is 2.30. The minimum atomic E-state index is -1.71. The Labute approximate surface area is 124 Å². The van der Waals surface area contributed by atoms with E-state index < -0.39 is 3.79 Å². The Kier molecular flexibility index (Phi) is 4.34. The predicted molar refractivity (Wildman–Crippen MR) is 75.5 cm³/mol. The lowest BCUT2D eigenvalue weighted by atomic mass is 10.2. The summed E-state index contributed by atoms with van der Waals surface area (Å²) in [6, 6.07) is 7.49. The second-order valence-electron chi connectivity index (χ2n) is 3.56. The van der Waals surface area contributed by atoms with Crippen molar-refractivity contribution in [2.24, 2.45) is 0 Å². The van der Waals surface area contributed by atoms with E-state index in [1.54, 1.807) is 13.2 Å². The van der Waals surface area contributed by atoms with E-state index in [9.17, 15) is 0 Å². The molecule has 0 aliphatic rings. The zero-order valence-corrected chi connectivity index (χ0v) is 12.1. The van der Waals surface area contributed by atoms with Gasteiger partial charge in [0.25, 0.3) is 9.68 Å². The molecule has 1 aromatic carbocycles. The molecule has 0 spiro atoms. The zero-order chi connectivity index (χ0) is 13.9. The van der Waals surface area contributed by atoms with Crippen LogP contribution in [0.4, 0.5) is 0 Å². The third kappa shape index (κ3) is 3.86. The van der Waals surface area contributed by atoms with E-state index in [4.69, 9.17) is 44.1 Å². The van der Waals surface area contributed by atoms with E-state index in [0.29, 0.717) is 5.82 Å². The lowest BCUT2D eigenvalue weighted by Gasteiger charge is -2.01. The molecule has 4 nitrogen and oxygen atoms in total. The van der Waals surface area contributed by atoms with Crippen LogP contribution in [-0.4, -0.2) is 17.3 Å². The fraction of sp³-hybridized carbons (Fsp3) is 0.167. The first kappa shape index (κ1) is 14.2. The molecule has 0 aliphatic heterocycles. The van der Waals surface area contributed by atoms with Crippen LogP contribution >= 0.6 is 34.8 Å². The van der Waals surface area contributed by atoms with Gasteiger partial charge in [0.1, 0.15) is 5.75 Å². The average molecular weight is 320 g/mol. The van der Waals surface area contributed by atoms with Crippen molar-refractivity contribution in [1.82, 2.24) is 10.1 Å². The zero-order valence-electron chi connectivity index (χ0n) is 9.81. The summed E-state index contributed by atoms with van der Waals surface area (Å²) < 4.78 is 8.18. The van der Waals surface area contributed by atoms with Gasteiger partial charge in [-0.3, -0.25) is 0 Å². The molecule has 7 heteroatoms. The molecule has 0 saturated carbocycles. The Morgan fingerprint density at radius 1 is 1.16 bits per heavy atom. The Morgan fingerprint density at radius 3 is 2.37 bits per heavy atom. The molecule has 2 aromatic rings. The first-order valence-corrected chi connectivity index (χ1v) is 6.35. The van der Waals surface area contributed by atoms with Crippen molar-refractivity contribution in [3.8, 4) is 5.75 Å². The fourth-order valence-electron chi connectivity index (χ4n) is 1.30. The molecule has 0 amide bonds. The molecule has 2 rings (SSSR count). The third-order valence-corrected chi connectivity index (χ3v) is 2.71. The first-order valence-electron chi connectivity index (χ1n) is 5.22. The third-order valence-electron chi connectivity index (χ3n) is 2.22. The molecule has 0 N–H and O–H groups in total. The van der Waals surface area contributed by atoms with E-state index in [2.05, 4.69) is 10.1 Å². The molecule has 0 saturated heterocycles. The van der Waals surface area contributed by atoms with Crippen LogP contribution in [0.1, 0.15) is 17.3 Å². The van der Waals surface area contributed by atoms with Crippen molar-refractivity contribution in [3.63, 3.8) is 0 Å². The molecule has 0 unspecified atom stereocenters. The second-order valence-corrected chi connectivity index (χ2v) is 5.84. The summed E-state index contributed by atoms with van der Waals surface area (Å²) in [6.45, 7) is 0. The van der Waals surface area contributed by atoms with Crippen molar-refractivity contribution in [3.05, 3.63) is 41.5 Å². The van der Waals surface area contributed by atoms with Gasteiger partial charge in [0.2, 0.25) is 0 Å². The topological polar surface area (TPSA) is 48.2 Å². The van der Waals surface area contributed by atoms with Crippen LogP contribution in [0.2, 0.25) is 0 Å². The number of hydrogen-bond donors (Lipinski definition) is 0. The lowest BCUT2D eigenvalue weighted by Crippen LogP contribution is -1.99. The second kappa shape index (κ2) is 5.82. The van der Waals surface area contributed by atoms with Crippen LogP contribution in [0.25, 0.3) is 12.2 Å². The summed E-state index contributed by atoms with van der Waals surface area (Å²) in [5.74, 6) is 1.05. The number of nitrogens with zero attached hydrogens (tertiary/aromatic N) is 2. The van der Waals surface area contributed by atoms with Crippen molar-refractivity contribution >= 4 is 47.0 Å². The summed E-state index contributed by atoms with van der Waals surface area (Å²) in [5.41, 5.74) is 0.959. The summed E-state index contributed by atoms with van der Waals surface area (Å²) in [4.78, 5) is 3.95. The maximum Gasteiger partial charge on any atom is 0.279 e. The van der Waals surface area contributed by atoms with Crippen molar-refractivity contribution in [2.75, 3.05) is 7.11 Å². The summed E-state index contributed by atoms with van der Waals surface area (Å²) in [5, 5.41) is 3.68. The van der Waals surface area contributed by atoms with Crippen LogP contribution in [0.3, 0.4) is 0 Å². The van der Waals surface area contributed by atoms with E-state index >= 15 is 0 Å². The van der Waals surface area contributed by atoms with Crippen LogP contribution in [0.5, 0.6) is 5.75 Å². The monoisotopic (exact) mass is 318 g/mol.